The normalized spacial score (nSPS) is 12.8. The molecule has 0 saturated heterocycles. The number of carbonyl (C=O) groups is 1. The number of carbonyl (C=O) groups excluding carboxylic acids is 1. The highest BCUT2D eigenvalue weighted by Gasteiger charge is 2.18. The largest absolute Gasteiger partial charge is 0.349 e. The van der Waals surface area contributed by atoms with Crippen molar-refractivity contribution in [3.8, 4) is 10.6 Å². The van der Waals surface area contributed by atoms with Crippen molar-refractivity contribution in [1.29, 1.82) is 0 Å². The van der Waals surface area contributed by atoms with Gasteiger partial charge in [-0.3, -0.25) is 9.59 Å². The smallest absolute Gasteiger partial charge is 0.267 e. The third-order valence-electron chi connectivity index (χ3n) is 5.01. The number of thiazole rings is 1. The topological polar surface area (TPSA) is 76.9 Å². The first-order valence-electron chi connectivity index (χ1n) is 9.44. The standard InChI is InChI=1S/C21H22N4O2S/c1-13-6-3-4-8-16(13)21-23-14(2)19(28-21)20(27)22-10-11-25-18(26)12-15-7-5-9-17(15)24-25/h3-4,6,8,12H,5,7,9-11H2,1-2H3,(H,22,27). The zero-order valence-corrected chi connectivity index (χ0v) is 16.8. The van der Waals surface area contributed by atoms with E-state index >= 15 is 0 Å². The number of hydrogen-bond acceptors (Lipinski definition) is 5. The third-order valence-corrected chi connectivity index (χ3v) is 6.20. The molecular formula is C21H22N4O2S. The molecule has 28 heavy (non-hydrogen) atoms. The highest BCUT2D eigenvalue weighted by Crippen LogP contribution is 2.30. The van der Waals surface area contributed by atoms with Crippen LogP contribution in [-0.2, 0) is 19.4 Å². The molecule has 6 nitrogen and oxygen atoms in total. The van der Waals surface area contributed by atoms with Crippen LogP contribution < -0.4 is 10.9 Å². The molecule has 0 fully saturated rings. The van der Waals surface area contributed by atoms with Gasteiger partial charge in [-0.25, -0.2) is 9.67 Å². The van der Waals surface area contributed by atoms with Gasteiger partial charge < -0.3 is 5.32 Å². The summed E-state index contributed by atoms with van der Waals surface area (Å²) in [5.41, 5.74) is 4.86. The summed E-state index contributed by atoms with van der Waals surface area (Å²) in [5, 5.41) is 8.18. The highest BCUT2D eigenvalue weighted by molar-refractivity contribution is 7.17. The Kier molecular flexibility index (Phi) is 5.09. The minimum atomic E-state index is -0.163. The first-order chi connectivity index (χ1) is 13.5. The maximum atomic E-state index is 12.6. The van der Waals surface area contributed by atoms with Crippen LogP contribution in [0.4, 0.5) is 0 Å². The molecule has 3 aromatic rings. The van der Waals surface area contributed by atoms with Crippen LogP contribution in [0, 0.1) is 13.8 Å². The number of nitrogens with zero attached hydrogens (tertiary/aromatic N) is 3. The monoisotopic (exact) mass is 394 g/mol. The number of aryl methyl sites for hydroxylation is 4. The van der Waals surface area contributed by atoms with E-state index in [1.54, 1.807) is 6.07 Å². The molecule has 0 atom stereocenters. The summed E-state index contributed by atoms with van der Waals surface area (Å²) in [4.78, 5) is 29.9. The molecule has 7 heteroatoms. The molecule has 1 aliphatic rings. The first kappa shape index (κ1) is 18.6. The quantitative estimate of drug-likeness (QED) is 0.722. The average Bonchev–Trinajstić information content (AvgIpc) is 3.28. The summed E-state index contributed by atoms with van der Waals surface area (Å²) < 4.78 is 1.45. The maximum absolute atomic E-state index is 12.6. The van der Waals surface area contributed by atoms with E-state index in [1.165, 1.54) is 16.0 Å². The number of amides is 1. The number of rotatable bonds is 5. The summed E-state index contributed by atoms with van der Waals surface area (Å²) in [5.74, 6) is -0.163. The predicted molar refractivity (Wildman–Crippen MR) is 110 cm³/mol. The number of benzene rings is 1. The molecule has 0 radical (unpaired) electrons. The van der Waals surface area contributed by atoms with E-state index in [2.05, 4.69) is 15.4 Å². The van der Waals surface area contributed by atoms with E-state index in [9.17, 15) is 9.59 Å². The van der Waals surface area contributed by atoms with Crippen LogP contribution in [0.1, 0.15) is 38.6 Å². The lowest BCUT2D eigenvalue weighted by Crippen LogP contribution is -2.32. The van der Waals surface area contributed by atoms with E-state index in [-0.39, 0.29) is 11.5 Å². The van der Waals surface area contributed by atoms with Crippen molar-refractivity contribution < 1.29 is 4.79 Å². The average molecular weight is 395 g/mol. The Morgan fingerprint density at radius 1 is 1.25 bits per heavy atom. The highest BCUT2D eigenvalue weighted by atomic mass is 32.1. The fraction of sp³-hybridized carbons (Fsp3) is 0.333. The fourth-order valence-electron chi connectivity index (χ4n) is 3.49. The Morgan fingerprint density at radius 2 is 2.07 bits per heavy atom. The van der Waals surface area contributed by atoms with E-state index in [1.807, 2.05) is 38.1 Å². The van der Waals surface area contributed by atoms with Crippen LogP contribution in [0.25, 0.3) is 10.6 Å². The van der Waals surface area contributed by atoms with Crippen LogP contribution in [0.3, 0.4) is 0 Å². The second-order valence-electron chi connectivity index (χ2n) is 7.04. The van der Waals surface area contributed by atoms with Gasteiger partial charge >= 0.3 is 0 Å². The third kappa shape index (κ3) is 3.62. The Bertz CT molecular complexity index is 1100. The zero-order valence-electron chi connectivity index (χ0n) is 16.0. The molecule has 1 aromatic carbocycles. The molecule has 2 aromatic heterocycles. The van der Waals surface area contributed by atoms with Gasteiger partial charge in [0.25, 0.3) is 11.5 Å². The number of fused-ring (bicyclic) bond motifs is 1. The molecular weight excluding hydrogens is 372 g/mol. The van der Waals surface area contributed by atoms with Crippen LogP contribution in [-0.4, -0.2) is 27.2 Å². The van der Waals surface area contributed by atoms with Crippen molar-refractivity contribution in [2.24, 2.45) is 0 Å². The molecule has 0 unspecified atom stereocenters. The van der Waals surface area contributed by atoms with Gasteiger partial charge in [0.15, 0.2) is 0 Å². The molecule has 0 bridgehead atoms. The Hall–Kier alpha value is -2.80. The van der Waals surface area contributed by atoms with Crippen molar-refractivity contribution >= 4 is 17.2 Å². The van der Waals surface area contributed by atoms with Gasteiger partial charge in [0, 0.05) is 18.2 Å². The van der Waals surface area contributed by atoms with E-state index in [4.69, 9.17) is 0 Å². The minimum Gasteiger partial charge on any atom is -0.349 e. The second-order valence-corrected chi connectivity index (χ2v) is 8.03. The number of aromatic nitrogens is 3. The van der Waals surface area contributed by atoms with Crippen LogP contribution in [0.2, 0.25) is 0 Å². The molecule has 144 valence electrons. The molecule has 2 heterocycles. The second kappa shape index (κ2) is 7.67. The first-order valence-corrected chi connectivity index (χ1v) is 10.3. The van der Waals surface area contributed by atoms with Gasteiger partial charge in [0.2, 0.25) is 0 Å². The number of hydrogen-bond donors (Lipinski definition) is 1. The Labute approximate surface area is 167 Å². The summed E-state index contributed by atoms with van der Waals surface area (Å²) in [6.45, 7) is 4.59. The van der Waals surface area contributed by atoms with Gasteiger partial charge in [-0.05, 0) is 44.2 Å². The SMILES string of the molecule is Cc1ccccc1-c1nc(C)c(C(=O)NCCn2nc3c(cc2=O)CCC3)s1. The minimum absolute atomic E-state index is 0.106. The molecule has 0 aliphatic heterocycles. The fourth-order valence-corrected chi connectivity index (χ4v) is 4.56. The molecule has 1 aliphatic carbocycles. The van der Waals surface area contributed by atoms with Crippen molar-refractivity contribution in [1.82, 2.24) is 20.1 Å². The van der Waals surface area contributed by atoms with Crippen molar-refractivity contribution in [2.75, 3.05) is 6.54 Å². The van der Waals surface area contributed by atoms with Crippen molar-refractivity contribution in [2.45, 2.75) is 39.7 Å². The van der Waals surface area contributed by atoms with Gasteiger partial charge in [-0.1, -0.05) is 24.3 Å². The molecule has 4 rings (SSSR count). The van der Waals surface area contributed by atoms with Gasteiger partial charge in [0.1, 0.15) is 9.88 Å². The van der Waals surface area contributed by atoms with Crippen LogP contribution in [0.5, 0.6) is 0 Å². The number of nitrogens with one attached hydrogen (secondary N) is 1. The summed E-state index contributed by atoms with van der Waals surface area (Å²) in [7, 11) is 0. The lowest BCUT2D eigenvalue weighted by Gasteiger charge is -2.08. The molecule has 0 spiro atoms. The summed E-state index contributed by atoms with van der Waals surface area (Å²) >= 11 is 1.39. The van der Waals surface area contributed by atoms with Crippen molar-refractivity contribution in [3.63, 3.8) is 0 Å². The Morgan fingerprint density at radius 3 is 2.89 bits per heavy atom. The molecule has 1 amide bonds. The van der Waals surface area contributed by atoms with Crippen LogP contribution in [0.15, 0.2) is 35.1 Å². The maximum Gasteiger partial charge on any atom is 0.267 e. The van der Waals surface area contributed by atoms with Gasteiger partial charge in [-0.2, -0.15) is 5.10 Å². The lowest BCUT2D eigenvalue weighted by atomic mass is 10.1. The van der Waals surface area contributed by atoms with Crippen molar-refractivity contribution in [3.05, 3.63) is 68.1 Å². The molecule has 0 saturated carbocycles. The summed E-state index contributed by atoms with van der Waals surface area (Å²) in [6.07, 6.45) is 2.91. The van der Waals surface area contributed by atoms with Gasteiger partial charge in [-0.15, -0.1) is 11.3 Å². The summed E-state index contributed by atoms with van der Waals surface area (Å²) in [6, 6.07) is 9.69. The van der Waals surface area contributed by atoms with E-state index in [0.717, 1.165) is 46.7 Å². The van der Waals surface area contributed by atoms with E-state index in [0.29, 0.717) is 23.7 Å². The van der Waals surface area contributed by atoms with Crippen LogP contribution >= 0.6 is 11.3 Å². The predicted octanol–water partition coefficient (Wildman–Crippen LogP) is 2.90. The van der Waals surface area contributed by atoms with E-state index < -0.39 is 0 Å². The Balaban J connectivity index is 1.44. The zero-order chi connectivity index (χ0) is 19.7. The molecule has 1 N–H and O–H groups in total. The van der Waals surface area contributed by atoms with Gasteiger partial charge in [0.05, 0.1) is 17.9 Å². The lowest BCUT2D eigenvalue weighted by molar-refractivity contribution is 0.0955.